The predicted molar refractivity (Wildman–Crippen MR) is 225 cm³/mol. The number of hydrogen-bond donors (Lipinski definition) is 0. The summed E-state index contributed by atoms with van der Waals surface area (Å²) < 4.78 is 11.7. The summed E-state index contributed by atoms with van der Waals surface area (Å²) in [6.45, 7) is 8.42. The molecule has 0 spiro atoms. The number of piperazine rings is 1. The highest BCUT2D eigenvalue weighted by atomic mass is 32.2. The molecule has 7 heteroatoms. The Kier molecular flexibility index (Phi) is 17.8. The first-order valence-corrected chi connectivity index (χ1v) is 20.9. The molecule has 0 unspecified atom stereocenters. The number of thioether (sulfide) groups is 1. The fourth-order valence-corrected chi connectivity index (χ4v) is 7.66. The monoisotopic (exact) mass is 733 g/mol. The third kappa shape index (κ3) is 14.4. The van der Waals surface area contributed by atoms with Gasteiger partial charge in [-0.3, -0.25) is 9.69 Å². The Labute approximate surface area is 322 Å². The van der Waals surface area contributed by atoms with E-state index >= 15 is 0 Å². The minimum absolute atomic E-state index is 0.253. The number of allylic oxidation sites excluding steroid dienone is 10. The van der Waals surface area contributed by atoms with E-state index in [9.17, 15) is 4.79 Å². The topological polar surface area (TPSA) is 54.9 Å². The number of carbonyl (C=O) groups excluding carboxylic acids is 1. The van der Waals surface area contributed by atoms with Crippen molar-refractivity contribution in [1.82, 2.24) is 9.88 Å². The Morgan fingerprint density at radius 1 is 0.792 bits per heavy atom. The van der Waals surface area contributed by atoms with Gasteiger partial charge in [0.1, 0.15) is 5.75 Å². The second-order valence-electron chi connectivity index (χ2n) is 13.7. The van der Waals surface area contributed by atoms with Crippen molar-refractivity contribution < 1.29 is 14.3 Å². The Hall–Kier alpha value is -4.07. The highest BCUT2D eigenvalue weighted by Gasteiger charge is 2.22. The van der Waals surface area contributed by atoms with E-state index in [-0.39, 0.29) is 5.97 Å². The van der Waals surface area contributed by atoms with E-state index in [0.29, 0.717) is 18.9 Å². The summed E-state index contributed by atoms with van der Waals surface area (Å²) in [4.78, 5) is 23.7. The zero-order valence-electron chi connectivity index (χ0n) is 31.8. The molecule has 3 heterocycles. The average Bonchev–Trinajstić information content (AvgIpc) is 3.67. The van der Waals surface area contributed by atoms with Crippen LogP contribution in [0.3, 0.4) is 0 Å². The van der Waals surface area contributed by atoms with Gasteiger partial charge in [-0.25, -0.2) is 4.98 Å². The van der Waals surface area contributed by atoms with Crippen LogP contribution in [0.4, 0.5) is 5.69 Å². The number of aromatic nitrogens is 1. The maximum absolute atomic E-state index is 12.5. The van der Waals surface area contributed by atoms with Crippen LogP contribution in [0.5, 0.6) is 11.6 Å². The molecule has 0 aliphatic carbocycles. The zero-order chi connectivity index (χ0) is 36.8. The molecular formula is C46H59N3O3S. The summed E-state index contributed by atoms with van der Waals surface area (Å²) in [5.41, 5.74) is 3.78. The van der Waals surface area contributed by atoms with Crippen LogP contribution in [0.2, 0.25) is 0 Å². The molecule has 3 aromatic rings. The molecule has 2 aliphatic rings. The highest BCUT2D eigenvalue weighted by molar-refractivity contribution is 7.99. The average molecular weight is 734 g/mol. The van der Waals surface area contributed by atoms with Crippen LogP contribution in [0, 0.1) is 0 Å². The van der Waals surface area contributed by atoms with Gasteiger partial charge in [0, 0.05) is 66.5 Å². The Morgan fingerprint density at radius 2 is 1.49 bits per heavy atom. The minimum atomic E-state index is -0.253. The van der Waals surface area contributed by atoms with Crippen molar-refractivity contribution in [3.63, 3.8) is 0 Å². The molecule has 2 aromatic carbocycles. The number of pyridine rings is 1. The number of ether oxygens (including phenoxy) is 2. The van der Waals surface area contributed by atoms with Crippen LogP contribution in [0.1, 0.15) is 83.1 Å². The Bertz CT molecular complexity index is 1700. The lowest BCUT2D eigenvalue weighted by molar-refractivity contribution is -0.134. The number of esters is 1. The summed E-state index contributed by atoms with van der Waals surface area (Å²) in [5, 5.41) is 0.990. The van der Waals surface area contributed by atoms with Crippen molar-refractivity contribution in [3.8, 4) is 11.6 Å². The van der Waals surface area contributed by atoms with E-state index in [1.54, 1.807) is 11.6 Å². The number of nitrogens with zero attached hydrogens (tertiary/aromatic N) is 3. The fourth-order valence-electron chi connectivity index (χ4n) is 6.58. The number of unbranched alkanes of at least 4 members (excludes halogenated alkanes) is 3. The summed E-state index contributed by atoms with van der Waals surface area (Å²) in [7, 11) is 0. The van der Waals surface area contributed by atoms with Gasteiger partial charge in [0.25, 0.3) is 0 Å². The van der Waals surface area contributed by atoms with Crippen LogP contribution in [0.25, 0.3) is 10.9 Å². The van der Waals surface area contributed by atoms with Crippen molar-refractivity contribution in [2.75, 3.05) is 50.0 Å². The number of fused-ring (bicyclic) bond motifs is 2. The number of carbonyl (C=O) groups is 1. The first-order chi connectivity index (χ1) is 26.2. The molecule has 5 rings (SSSR count). The van der Waals surface area contributed by atoms with Crippen LogP contribution in [0.15, 0.2) is 114 Å². The predicted octanol–water partition coefficient (Wildman–Crippen LogP) is 11.1. The van der Waals surface area contributed by atoms with Crippen LogP contribution in [-0.2, 0) is 11.2 Å². The summed E-state index contributed by atoms with van der Waals surface area (Å²) in [5.74, 6) is 2.09. The van der Waals surface area contributed by atoms with E-state index in [4.69, 9.17) is 9.47 Å². The summed E-state index contributed by atoms with van der Waals surface area (Å²) in [6, 6.07) is 16.4. The molecule has 0 N–H and O–H groups in total. The van der Waals surface area contributed by atoms with Crippen LogP contribution < -0.4 is 14.4 Å². The molecular weight excluding hydrogens is 675 g/mol. The van der Waals surface area contributed by atoms with Crippen molar-refractivity contribution in [2.24, 2.45) is 0 Å². The Morgan fingerprint density at radius 3 is 2.23 bits per heavy atom. The molecule has 0 saturated carbocycles. The molecule has 282 valence electrons. The van der Waals surface area contributed by atoms with Gasteiger partial charge >= 0.3 is 5.97 Å². The molecule has 6 nitrogen and oxygen atoms in total. The lowest BCUT2D eigenvalue weighted by Crippen LogP contribution is -2.47. The summed E-state index contributed by atoms with van der Waals surface area (Å²) in [6.07, 6.45) is 33.6. The maximum Gasteiger partial charge on any atom is 0.312 e. The van der Waals surface area contributed by atoms with Gasteiger partial charge in [-0.05, 0) is 107 Å². The fraction of sp³-hybridized carbons (Fsp3) is 0.435. The second kappa shape index (κ2) is 23.6. The van der Waals surface area contributed by atoms with E-state index in [1.807, 2.05) is 36.0 Å². The van der Waals surface area contributed by atoms with Crippen LogP contribution in [-0.4, -0.2) is 60.9 Å². The largest absolute Gasteiger partial charge is 0.494 e. The minimum Gasteiger partial charge on any atom is -0.494 e. The van der Waals surface area contributed by atoms with E-state index in [0.717, 1.165) is 101 Å². The van der Waals surface area contributed by atoms with Gasteiger partial charge < -0.3 is 14.4 Å². The normalized spacial score (nSPS) is 15.3. The molecule has 0 atom stereocenters. The van der Waals surface area contributed by atoms with Gasteiger partial charge in [-0.1, -0.05) is 80.2 Å². The van der Waals surface area contributed by atoms with Crippen LogP contribution >= 0.6 is 11.8 Å². The van der Waals surface area contributed by atoms with E-state index in [2.05, 4.69) is 101 Å². The third-order valence-corrected chi connectivity index (χ3v) is 10.7. The van der Waals surface area contributed by atoms with Gasteiger partial charge in [0.15, 0.2) is 0 Å². The Balaban J connectivity index is 0.905. The number of anilines is 1. The standard InChI is InChI=1S/C46H59N3O3S/c1-2-3-4-5-6-7-8-9-10-11-12-13-14-15-16-17-18-19-25-46(50)52-45-29-27-39-26-28-40(38-42(39)47-45)51-36-21-20-31-48-32-34-49(35-33-48)43-23-22-24-44-41(43)30-37-53-44/h4-5,7-8,10-11,13-14,16-17,22-24,26-29,38H,2-3,6,9,12,15,18-21,25,30-37H2,1H3/b5-4-,8-7-,11-10-,14-13-,17-16-. The van der Waals surface area contributed by atoms with E-state index in [1.165, 1.54) is 35.6 Å². The highest BCUT2D eigenvalue weighted by Crippen LogP contribution is 2.37. The van der Waals surface area contributed by atoms with Crippen molar-refractivity contribution in [2.45, 2.75) is 88.9 Å². The molecule has 1 fully saturated rings. The quantitative estimate of drug-likeness (QED) is 0.0579. The van der Waals surface area contributed by atoms with Crippen molar-refractivity contribution in [3.05, 3.63) is 115 Å². The molecule has 53 heavy (non-hydrogen) atoms. The number of hydrogen-bond acceptors (Lipinski definition) is 7. The number of rotatable bonds is 22. The molecule has 0 bridgehead atoms. The first kappa shape index (κ1) is 40.1. The molecule has 0 radical (unpaired) electrons. The van der Waals surface area contributed by atoms with Gasteiger partial charge in [0.2, 0.25) is 5.88 Å². The maximum atomic E-state index is 12.5. The second-order valence-corrected chi connectivity index (χ2v) is 14.8. The SMILES string of the molecule is CCC/C=C\C/C=C\C/C=C\C/C=C\C/C=C\CCCC(=O)Oc1ccc2ccc(OCCCCN3CCN(c4cccc5c4CCS5)CC3)cc2n1. The van der Waals surface area contributed by atoms with Gasteiger partial charge in [-0.15, -0.1) is 11.8 Å². The van der Waals surface area contributed by atoms with Gasteiger partial charge in [-0.2, -0.15) is 0 Å². The zero-order valence-corrected chi connectivity index (χ0v) is 32.6. The lowest BCUT2D eigenvalue weighted by Gasteiger charge is -2.37. The van der Waals surface area contributed by atoms with Gasteiger partial charge in [0.05, 0.1) is 12.1 Å². The molecule has 1 aromatic heterocycles. The molecule has 2 aliphatic heterocycles. The van der Waals surface area contributed by atoms with E-state index < -0.39 is 0 Å². The molecule has 1 saturated heterocycles. The number of benzene rings is 2. The van der Waals surface area contributed by atoms with Crippen molar-refractivity contribution in [1.29, 1.82) is 0 Å². The first-order valence-electron chi connectivity index (χ1n) is 19.9. The summed E-state index contributed by atoms with van der Waals surface area (Å²) >= 11 is 2.00. The third-order valence-electron chi connectivity index (χ3n) is 9.55. The molecule has 0 amide bonds. The van der Waals surface area contributed by atoms with Crippen molar-refractivity contribution >= 4 is 34.3 Å². The lowest BCUT2D eigenvalue weighted by atomic mass is 10.1. The smallest absolute Gasteiger partial charge is 0.312 e.